The minimum absolute atomic E-state index is 0.103. The Hall–Kier alpha value is -3.40. The zero-order chi connectivity index (χ0) is 19.0. The van der Waals surface area contributed by atoms with Crippen LogP contribution in [-0.2, 0) is 11.3 Å². The molecule has 0 aliphatic carbocycles. The van der Waals surface area contributed by atoms with Crippen molar-refractivity contribution >= 4 is 34.3 Å². The first-order valence-corrected chi connectivity index (χ1v) is 8.97. The number of allylic oxidation sites excluding steroid dienone is 1. The van der Waals surface area contributed by atoms with E-state index >= 15 is 0 Å². The monoisotopic (exact) mass is 355 g/mol. The van der Waals surface area contributed by atoms with Gasteiger partial charge in [-0.3, -0.25) is 4.79 Å². The summed E-state index contributed by atoms with van der Waals surface area (Å²) in [5, 5.41) is 7.13. The summed E-state index contributed by atoms with van der Waals surface area (Å²) in [5.74, 6) is -0.103. The van der Waals surface area contributed by atoms with Gasteiger partial charge in [-0.05, 0) is 43.7 Å². The Labute approximate surface area is 158 Å². The van der Waals surface area contributed by atoms with Crippen LogP contribution in [0.2, 0.25) is 0 Å². The highest BCUT2D eigenvalue weighted by molar-refractivity contribution is 6.32. The van der Waals surface area contributed by atoms with Gasteiger partial charge in [0.2, 0.25) is 0 Å². The molecule has 1 aliphatic rings. The number of para-hydroxylation sites is 2. The van der Waals surface area contributed by atoms with Crippen molar-refractivity contribution in [2.45, 2.75) is 20.4 Å². The summed E-state index contributed by atoms with van der Waals surface area (Å²) >= 11 is 0. The van der Waals surface area contributed by atoms with Gasteiger partial charge < -0.3 is 4.57 Å². The molecule has 134 valence electrons. The van der Waals surface area contributed by atoms with Crippen molar-refractivity contribution in [1.29, 1.82) is 0 Å². The molecule has 0 spiro atoms. The van der Waals surface area contributed by atoms with Crippen LogP contribution < -0.4 is 5.01 Å². The van der Waals surface area contributed by atoms with Gasteiger partial charge in [0.15, 0.2) is 0 Å². The predicted molar refractivity (Wildman–Crippen MR) is 112 cm³/mol. The summed E-state index contributed by atoms with van der Waals surface area (Å²) in [4.78, 5) is 13.0. The summed E-state index contributed by atoms with van der Waals surface area (Å²) < 4.78 is 2.19. The molecule has 0 atom stereocenters. The first-order chi connectivity index (χ1) is 13.1. The highest BCUT2D eigenvalue weighted by Gasteiger charge is 2.29. The van der Waals surface area contributed by atoms with Crippen molar-refractivity contribution in [1.82, 2.24) is 4.57 Å². The Bertz CT molecular complexity index is 1100. The molecular formula is C23H21N3O. The summed E-state index contributed by atoms with van der Waals surface area (Å²) in [6.07, 6.45) is 3.84. The molecule has 4 nitrogen and oxygen atoms in total. The second-order valence-corrected chi connectivity index (χ2v) is 6.62. The molecule has 0 unspecified atom stereocenters. The van der Waals surface area contributed by atoms with E-state index in [1.54, 1.807) is 0 Å². The lowest BCUT2D eigenvalue weighted by Crippen LogP contribution is -2.21. The van der Waals surface area contributed by atoms with E-state index in [1.165, 1.54) is 10.4 Å². The van der Waals surface area contributed by atoms with Gasteiger partial charge in [-0.25, -0.2) is 0 Å². The number of hydrogen-bond donors (Lipinski definition) is 0. The molecule has 2 heterocycles. The van der Waals surface area contributed by atoms with E-state index in [0.29, 0.717) is 12.1 Å². The van der Waals surface area contributed by atoms with Crippen molar-refractivity contribution in [3.05, 3.63) is 84.1 Å². The molecular weight excluding hydrogens is 334 g/mol. The summed E-state index contributed by atoms with van der Waals surface area (Å²) in [6, 6.07) is 17.8. The van der Waals surface area contributed by atoms with Crippen LogP contribution >= 0.6 is 0 Å². The third-order valence-corrected chi connectivity index (χ3v) is 4.93. The molecule has 1 aliphatic heterocycles. The lowest BCUT2D eigenvalue weighted by molar-refractivity contribution is -0.114. The number of aryl methyl sites for hydroxylation is 1. The van der Waals surface area contributed by atoms with Crippen molar-refractivity contribution < 1.29 is 4.79 Å². The molecule has 0 saturated heterocycles. The Morgan fingerprint density at radius 3 is 2.48 bits per heavy atom. The number of aromatic nitrogens is 1. The number of hydrogen-bond acceptors (Lipinski definition) is 2. The molecule has 0 N–H and O–H groups in total. The third-order valence-electron chi connectivity index (χ3n) is 4.93. The highest BCUT2D eigenvalue weighted by Crippen LogP contribution is 2.30. The first-order valence-electron chi connectivity index (χ1n) is 8.97. The Morgan fingerprint density at radius 1 is 1.04 bits per heavy atom. The summed E-state index contributed by atoms with van der Waals surface area (Å²) in [7, 11) is 0. The fraction of sp³-hybridized carbons (Fsp3) is 0.130. The normalized spacial score (nSPS) is 15.6. The number of amides is 1. The highest BCUT2D eigenvalue weighted by atomic mass is 16.2. The second kappa shape index (κ2) is 6.72. The molecule has 4 rings (SSSR count). The SMILES string of the molecule is C=CCn1c(/C=C2\C(=O)N(c3ccccc3)N=C2C)c(C)c2ccccc21. The van der Waals surface area contributed by atoms with Crippen LogP contribution in [0.4, 0.5) is 5.69 Å². The van der Waals surface area contributed by atoms with Gasteiger partial charge in [0.05, 0.1) is 17.0 Å². The van der Waals surface area contributed by atoms with Gasteiger partial charge >= 0.3 is 0 Å². The van der Waals surface area contributed by atoms with Gasteiger partial charge in [0.1, 0.15) is 0 Å². The van der Waals surface area contributed by atoms with Crippen LogP contribution in [0.15, 0.2) is 77.9 Å². The van der Waals surface area contributed by atoms with Crippen LogP contribution in [0.1, 0.15) is 18.2 Å². The zero-order valence-corrected chi connectivity index (χ0v) is 15.5. The number of carbonyl (C=O) groups excluding carboxylic acids is 1. The molecule has 1 amide bonds. The second-order valence-electron chi connectivity index (χ2n) is 6.62. The van der Waals surface area contributed by atoms with Crippen molar-refractivity contribution in [2.75, 3.05) is 5.01 Å². The first kappa shape index (κ1) is 17.0. The molecule has 2 aromatic carbocycles. The molecule has 27 heavy (non-hydrogen) atoms. The number of benzene rings is 2. The van der Waals surface area contributed by atoms with E-state index in [-0.39, 0.29) is 5.91 Å². The van der Waals surface area contributed by atoms with E-state index in [1.807, 2.05) is 61.5 Å². The molecule has 0 bridgehead atoms. The minimum atomic E-state index is -0.103. The summed E-state index contributed by atoms with van der Waals surface area (Å²) in [5.41, 5.74) is 5.42. The molecule has 0 fully saturated rings. The lowest BCUT2D eigenvalue weighted by Gasteiger charge is -2.11. The molecule has 1 aromatic heterocycles. The van der Waals surface area contributed by atoms with E-state index in [0.717, 1.165) is 28.2 Å². The van der Waals surface area contributed by atoms with E-state index in [2.05, 4.69) is 35.3 Å². The van der Waals surface area contributed by atoms with Crippen LogP contribution in [0, 0.1) is 6.92 Å². The van der Waals surface area contributed by atoms with E-state index in [4.69, 9.17) is 0 Å². The number of fused-ring (bicyclic) bond motifs is 1. The smallest absolute Gasteiger partial charge is 0.280 e. The summed E-state index contributed by atoms with van der Waals surface area (Å²) in [6.45, 7) is 8.54. The topological polar surface area (TPSA) is 37.6 Å². The average Bonchev–Trinajstić information content (AvgIpc) is 3.12. The van der Waals surface area contributed by atoms with Gasteiger partial charge in [0.25, 0.3) is 5.91 Å². The van der Waals surface area contributed by atoms with Gasteiger partial charge in [0, 0.05) is 23.1 Å². The maximum absolute atomic E-state index is 13.0. The minimum Gasteiger partial charge on any atom is -0.337 e. The Balaban J connectivity index is 1.84. The third kappa shape index (κ3) is 2.79. The van der Waals surface area contributed by atoms with Gasteiger partial charge in [-0.2, -0.15) is 10.1 Å². The number of carbonyl (C=O) groups is 1. The van der Waals surface area contributed by atoms with Gasteiger partial charge in [-0.1, -0.05) is 42.5 Å². The number of anilines is 1. The average molecular weight is 355 g/mol. The number of hydrazone groups is 1. The van der Waals surface area contributed by atoms with E-state index in [9.17, 15) is 4.79 Å². The van der Waals surface area contributed by atoms with Crippen LogP contribution in [0.25, 0.3) is 17.0 Å². The maximum Gasteiger partial charge on any atom is 0.280 e. The molecule has 3 aromatic rings. The Kier molecular flexibility index (Phi) is 4.24. The predicted octanol–water partition coefficient (Wildman–Crippen LogP) is 4.94. The molecule has 4 heteroatoms. The molecule has 0 saturated carbocycles. The number of nitrogens with zero attached hydrogens (tertiary/aromatic N) is 3. The fourth-order valence-electron chi connectivity index (χ4n) is 3.57. The number of rotatable bonds is 4. The zero-order valence-electron chi connectivity index (χ0n) is 15.5. The van der Waals surface area contributed by atoms with Crippen LogP contribution in [0.5, 0.6) is 0 Å². The fourth-order valence-corrected chi connectivity index (χ4v) is 3.57. The largest absolute Gasteiger partial charge is 0.337 e. The lowest BCUT2D eigenvalue weighted by atomic mass is 10.1. The van der Waals surface area contributed by atoms with Crippen molar-refractivity contribution in [2.24, 2.45) is 5.10 Å². The van der Waals surface area contributed by atoms with Crippen molar-refractivity contribution in [3.8, 4) is 0 Å². The Morgan fingerprint density at radius 2 is 1.74 bits per heavy atom. The quantitative estimate of drug-likeness (QED) is 0.482. The standard InChI is InChI=1S/C23H21N3O/c1-4-14-25-21-13-9-8-12-19(21)16(2)22(25)15-20-17(3)24-26(23(20)27)18-10-6-5-7-11-18/h4-13,15H,1,14H2,2-3H3/b20-15-. The van der Waals surface area contributed by atoms with Crippen LogP contribution in [-0.4, -0.2) is 16.2 Å². The molecule has 0 radical (unpaired) electrons. The maximum atomic E-state index is 13.0. The van der Waals surface area contributed by atoms with E-state index < -0.39 is 0 Å². The van der Waals surface area contributed by atoms with Gasteiger partial charge in [-0.15, -0.1) is 6.58 Å². The van der Waals surface area contributed by atoms with Crippen molar-refractivity contribution in [3.63, 3.8) is 0 Å². The van der Waals surface area contributed by atoms with Crippen LogP contribution in [0.3, 0.4) is 0 Å².